The maximum absolute atomic E-state index is 13.0. The van der Waals surface area contributed by atoms with Crippen molar-refractivity contribution >= 4 is 23.3 Å². The van der Waals surface area contributed by atoms with Crippen molar-refractivity contribution in [2.75, 3.05) is 31.1 Å². The summed E-state index contributed by atoms with van der Waals surface area (Å²) < 4.78 is 13.0. The van der Waals surface area contributed by atoms with Crippen LogP contribution in [0.5, 0.6) is 0 Å². The fourth-order valence-corrected chi connectivity index (χ4v) is 3.28. The van der Waals surface area contributed by atoms with Crippen molar-refractivity contribution in [1.82, 2.24) is 4.90 Å². The van der Waals surface area contributed by atoms with E-state index in [0.717, 1.165) is 5.69 Å². The van der Waals surface area contributed by atoms with Crippen molar-refractivity contribution in [3.05, 3.63) is 64.9 Å². The second kappa shape index (κ2) is 7.20. The van der Waals surface area contributed by atoms with Gasteiger partial charge < -0.3 is 10.0 Å². The molecular formula is C18H18ClFN2O2. The largest absolute Gasteiger partial charge is 0.480 e. The molecule has 0 aliphatic carbocycles. The molecule has 1 saturated heterocycles. The minimum absolute atomic E-state index is 0.260. The molecule has 1 aliphatic heterocycles. The van der Waals surface area contributed by atoms with Crippen LogP contribution in [0.1, 0.15) is 11.6 Å². The molecule has 1 N–H and O–H groups in total. The molecule has 126 valence electrons. The fraction of sp³-hybridized carbons (Fsp3) is 0.278. The van der Waals surface area contributed by atoms with Crippen LogP contribution < -0.4 is 4.90 Å². The summed E-state index contributed by atoms with van der Waals surface area (Å²) in [5.74, 6) is -1.14. The molecule has 1 fully saturated rings. The van der Waals surface area contributed by atoms with Gasteiger partial charge in [-0.15, -0.1) is 0 Å². The number of carbonyl (C=O) groups is 1. The highest BCUT2D eigenvalue weighted by Crippen LogP contribution is 2.26. The van der Waals surface area contributed by atoms with Gasteiger partial charge in [0.05, 0.1) is 0 Å². The number of nitrogens with zero attached hydrogens (tertiary/aromatic N) is 2. The number of piperazine rings is 1. The second-order valence-electron chi connectivity index (χ2n) is 5.80. The summed E-state index contributed by atoms with van der Waals surface area (Å²) >= 11 is 6.00. The molecule has 0 amide bonds. The zero-order valence-electron chi connectivity index (χ0n) is 13.0. The monoisotopic (exact) mass is 348 g/mol. The molecule has 1 aliphatic rings. The molecule has 0 unspecified atom stereocenters. The van der Waals surface area contributed by atoms with E-state index in [-0.39, 0.29) is 5.82 Å². The first-order valence-corrected chi connectivity index (χ1v) is 8.15. The third-order valence-corrected chi connectivity index (χ3v) is 4.50. The first kappa shape index (κ1) is 16.7. The molecule has 0 bridgehead atoms. The third-order valence-electron chi connectivity index (χ3n) is 4.27. The fourth-order valence-electron chi connectivity index (χ4n) is 3.08. The molecule has 0 aromatic heterocycles. The zero-order valence-corrected chi connectivity index (χ0v) is 13.8. The Morgan fingerprint density at radius 2 is 1.75 bits per heavy atom. The van der Waals surface area contributed by atoms with E-state index < -0.39 is 12.0 Å². The minimum atomic E-state index is -0.882. The SMILES string of the molecule is O=C(O)[C@@H](c1cccc(Cl)c1)N1CCN(c2ccc(F)cc2)CC1. The van der Waals surface area contributed by atoms with Gasteiger partial charge in [-0.05, 0) is 42.0 Å². The lowest BCUT2D eigenvalue weighted by molar-refractivity contribution is -0.143. The van der Waals surface area contributed by atoms with E-state index in [0.29, 0.717) is 36.8 Å². The van der Waals surface area contributed by atoms with E-state index in [1.807, 2.05) is 4.90 Å². The van der Waals surface area contributed by atoms with E-state index in [4.69, 9.17) is 11.6 Å². The van der Waals surface area contributed by atoms with Crippen LogP contribution in [0, 0.1) is 5.82 Å². The Bertz CT molecular complexity index is 715. The highest BCUT2D eigenvalue weighted by molar-refractivity contribution is 6.30. The smallest absolute Gasteiger partial charge is 0.325 e. The summed E-state index contributed by atoms with van der Waals surface area (Å²) in [6, 6.07) is 12.6. The van der Waals surface area contributed by atoms with Crippen LogP contribution in [0.3, 0.4) is 0 Å². The van der Waals surface area contributed by atoms with E-state index in [1.165, 1.54) is 12.1 Å². The first-order valence-electron chi connectivity index (χ1n) is 7.77. The molecule has 0 radical (unpaired) electrons. The number of anilines is 1. The zero-order chi connectivity index (χ0) is 17.1. The molecule has 1 atom stereocenters. The maximum Gasteiger partial charge on any atom is 0.325 e. The molecule has 1 heterocycles. The Balaban J connectivity index is 1.72. The van der Waals surface area contributed by atoms with Crippen LogP contribution in [0.2, 0.25) is 5.02 Å². The van der Waals surface area contributed by atoms with Crippen LogP contribution >= 0.6 is 11.6 Å². The molecule has 2 aromatic carbocycles. The predicted molar refractivity (Wildman–Crippen MR) is 92.0 cm³/mol. The molecule has 0 spiro atoms. The quantitative estimate of drug-likeness (QED) is 0.919. The Labute approximate surface area is 145 Å². The number of aliphatic carboxylic acids is 1. The third kappa shape index (κ3) is 3.68. The summed E-state index contributed by atoms with van der Waals surface area (Å²) in [6.45, 7) is 2.60. The van der Waals surface area contributed by atoms with E-state index in [9.17, 15) is 14.3 Å². The summed E-state index contributed by atoms with van der Waals surface area (Å²) in [5, 5.41) is 10.2. The number of hydrogen-bond acceptors (Lipinski definition) is 3. The van der Waals surface area contributed by atoms with Gasteiger partial charge in [0.2, 0.25) is 0 Å². The van der Waals surface area contributed by atoms with Gasteiger partial charge >= 0.3 is 5.97 Å². The highest BCUT2D eigenvalue weighted by atomic mass is 35.5. The van der Waals surface area contributed by atoms with Gasteiger partial charge in [-0.2, -0.15) is 0 Å². The highest BCUT2D eigenvalue weighted by Gasteiger charge is 2.30. The number of carboxylic acid groups (broad SMARTS) is 1. The van der Waals surface area contributed by atoms with Gasteiger partial charge in [0.15, 0.2) is 0 Å². The predicted octanol–water partition coefficient (Wildman–Crippen LogP) is 3.43. The van der Waals surface area contributed by atoms with Crippen LogP contribution in [-0.4, -0.2) is 42.2 Å². The van der Waals surface area contributed by atoms with Gasteiger partial charge in [-0.25, -0.2) is 4.39 Å². The number of rotatable bonds is 4. The lowest BCUT2D eigenvalue weighted by atomic mass is 10.0. The lowest BCUT2D eigenvalue weighted by Gasteiger charge is -2.39. The Hall–Kier alpha value is -2.11. The van der Waals surface area contributed by atoms with Crippen molar-refractivity contribution in [2.24, 2.45) is 0 Å². The van der Waals surface area contributed by atoms with Crippen molar-refractivity contribution in [3.63, 3.8) is 0 Å². The van der Waals surface area contributed by atoms with Crippen molar-refractivity contribution < 1.29 is 14.3 Å². The van der Waals surface area contributed by atoms with Crippen molar-refractivity contribution in [3.8, 4) is 0 Å². The molecule has 0 saturated carbocycles. The lowest BCUT2D eigenvalue weighted by Crippen LogP contribution is -2.49. The minimum Gasteiger partial charge on any atom is -0.480 e. The molecule has 24 heavy (non-hydrogen) atoms. The van der Waals surface area contributed by atoms with Gasteiger partial charge in [0.1, 0.15) is 11.9 Å². The van der Waals surface area contributed by atoms with Crippen molar-refractivity contribution in [2.45, 2.75) is 6.04 Å². The van der Waals surface area contributed by atoms with E-state index in [1.54, 1.807) is 36.4 Å². The second-order valence-corrected chi connectivity index (χ2v) is 6.23. The van der Waals surface area contributed by atoms with Crippen LogP contribution in [-0.2, 0) is 4.79 Å². The first-order chi connectivity index (χ1) is 11.5. The Morgan fingerprint density at radius 1 is 1.08 bits per heavy atom. The summed E-state index contributed by atoms with van der Waals surface area (Å²) in [7, 11) is 0. The number of halogens is 2. The summed E-state index contributed by atoms with van der Waals surface area (Å²) in [4.78, 5) is 15.8. The number of carboxylic acids is 1. The van der Waals surface area contributed by atoms with Crippen molar-refractivity contribution in [1.29, 1.82) is 0 Å². The van der Waals surface area contributed by atoms with E-state index in [2.05, 4.69) is 4.90 Å². The average Bonchev–Trinajstić information content (AvgIpc) is 2.56. The van der Waals surface area contributed by atoms with Crippen LogP contribution in [0.25, 0.3) is 0 Å². The number of hydrogen-bond donors (Lipinski definition) is 1. The molecule has 6 heteroatoms. The average molecular weight is 349 g/mol. The summed E-state index contributed by atoms with van der Waals surface area (Å²) in [6.07, 6.45) is 0. The normalized spacial score (nSPS) is 16.8. The van der Waals surface area contributed by atoms with E-state index >= 15 is 0 Å². The van der Waals surface area contributed by atoms with Gasteiger partial charge in [-0.1, -0.05) is 23.7 Å². The standard InChI is InChI=1S/C18H18ClFN2O2/c19-14-3-1-2-13(12-14)17(18(23)24)22-10-8-21(9-11-22)16-6-4-15(20)5-7-16/h1-7,12,17H,8-11H2,(H,23,24)/t17-/m1/s1. The van der Waals surface area contributed by atoms with Gasteiger partial charge in [-0.3, -0.25) is 9.69 Å². The molecule has 2 aromatic rings. The Kier molecular flexibility index (Phi) is 5.02. The summed E-state index contributed by atoms with van der Waals surface area (Å²) in [5.41, 5.74) is 1.64. The maximum atomic E-state index is 13.0. The van der Waals surface area contributed by atoms with Gasteiger partial charge in [0, 0.05) is 36.9 Å². The molecular weight excluding hydrogens is 331 g/mol. The van der Waals surface area contributed by atoms with Gasteiger partial charge in [0.25, 0.3) is 0 Å². The number of benzene rings is 2. The Morgan fingerprint density at radius 3 is 2.33 bits per heavy atom. The molecule has 4 nitrogen and oxygen atoms in total. The topological polar surface area (TPSA) is 43.8 Å². The molecule has 3 rings (SSSR count). The van der Waals surface area contributed by atoms with Crippen LogP contribution in [0.4, 0.5) is 10.1 Å². The van der Waals surface area contributed by atoms with Crippen LogP contribution in [0.15, 0.2) is 48.5 Å².